The number of fused-ring (bicyclic) bond motifs is 3. The summed E-state index contributed by atoms with van der Waals surface area (Å²) >= 11 is 1.11. The van der Waals surface area contributed by atoms with Crippen LogP contribution >= 0.6 is 11.3 Å². The summed E-state index contributed by atoms with van der Waals surface area (Å²) in [5, 5.41) is 1.58. The number of hydrogen-bond acceptors (Lipinski definition) is 9. The zero-order valence-electron chi connectivity index (χ0n) is 19.8. The number of alkyl halides is 3. The van der Waals surface area contributed by atoms with Gasteiger partial charge in [-0.1, -0.05) is 0 Å². The number of carbonyl (C=O) groups is 1. The first-order valence-electron chi connectivity index (χ1n) is 11.5. The lowest BCUT2D eigenvalue weighted by molar-refractivity contribution is -0.137. The molecule has 10 nitrogen and oxygen atoms in total. The zero-order valence-corrected chi connectivity index (χ0v) is 22.3. The third kappa shape index (κ3) is 4.83. The van der Waals surface area contributed by atoms with E-state index in [1.807, 2.05) is 0 Å². The molecule has 1 N–H and O–H groups in total. The van der Waals surface area contributed by atoms with Gasteiger partial charge in [-0.2, -0.15) is 17.5 Å². The molecule has 0 aromatic carbocycles. The van der Waals surface area contributed by atoms with Gasteiger partial charge in [-0.25, -0.2) is 26.8 Å². The van der Waals surface area contributed by atoms with E-state index in [0.717, 1.165) is 45.9 Å². The predicted octanol–water partition coefficient (Wildman–Crippen LogP) is 2.72. The van der Waals surface area contributed by atoms with Gasteiger partial charge in [0.1, 0.15) is 10.9 Å². The molecule has 37 heavy (non-hydrogen) atoms. The Morgan fingerprint density at radius 3 is 2.51 bits per heavy atom. The molecule has 2 aromatic rings. The Hall–Kier alpha value is -2.30. The highest BCUT2D eigenvalue weighted by Crippen LogP contribution is 2.48. The third-order valence-corrected chi connectivity index (χ3v) is 11.0. The molecule has 5 heterocycles. The van der Waals surface area contributed by atoms with E-state index < -0.39 is 43.0 Å². The van der Waals surface area contributed by atoms with Crippen LogP contribution in [-0.2, 0) is 26.0 Å². The van der Waals surface area contributed by atoms with Crippen LogP contribution in [0.2, 0.25) is 0 Å². The van der Waals surface area contributed by atoms with E-state index in [9.17, 15) is 34.8 Å². The Labute approximate surface area is 215 Å². The number of piperidine rings is 1. The molecule has 3 aliphatic heterocycles. The van der Waals surface area contributed by atoms with Crippen LogP contribution in [-0.4, -0.2) is 78.9 Å². The van der Waals surface area contributed by atoms with Gasteiger partial charge in [0.2, 0.25) is 16.0 Å². The fourth-order valence-corrected chi connectivity index (χ4v) is 9.51. The van der Waals surface area contributed by atoms with E-state index in [-0.39, 0.29) is 47.9 Å². The van der Waals surface area contributed by atoms with Gasteiger partial charge in [0.05, 0.1) is 28.4 Å². The standard InChI is InChI=1S/C21H24F3N5O5S3/c1-36(31,32)16-8-11(5-7-29(16)37(2,33)34)26-20-25-10-13(21(22,23)24)17(27-20)15-9-12-18(35-15)14-4-3-6-28(14)19(12)30/h9-11,14,16H,3-8H2,1-2H3,(H,25,26,27). The molecule has 5 rings (SSSR count). The summed E-state index contributed by atoms with van der Waals surface area (Å²) in [5.41, 5.74) is -1.01. The van der Waals surface area contributed by atoms with Crippen LogP contribution in [0.4, 0.5) is 19.1 Å². The maximum absolute atomic E-state index is 13.9. The van der Waals surface area contributed by atoms with E-state index in [1.54, 1.807) is 4.90 Å². The summed E-state index contributed by atoms with van der Waals surface area (Å²) in [6.45, 7) is 0.543. The lowest BCUT2D eigenvalue weighted by Crippen LogP contribution is -2.52. The average molecular weight is 580 g/mol. The van der Waals surface area contributed by atoms with Crippen molar-refractivity contribution in [1.82, 2.24) is 19.2 Å². The first-order chi connectivity index (χ1) is 17.1. The first kappa shape index (κ1) is 26.3. The number of nitrogens with zero attached hydrogens (tertiary/aromatic N) is 4. The van der Waals surface area contributed by atoms with E-state index in [0.29, 0.717) is 18.3 Å². The van der Waals surface area contributed by atoms with E-state index >= 15 is 0 Å². The number of thiophene rings is 1. The predicted molar refractivity (Wildman–Crippen MR) is 130 cm³/mol. The maximum Gasteiger partial charge on any atom is 0.420 e. The van der Waals surface area contributed by atoms with Crippen molar-refractivity contribution in [3.63, 3.8) is 0 Å². The Bertz CT molecular complexity index is 1470. The van der Waals surface area contributed by atoms with Gasteiger partial charge in [-0.3, -0.25) is 4.79 Å². The highest BCUT2D eigenvalue weighted by Gasteiger charge is 2.44. The highest BCUT2D eigenvalue weighted by molar-refractivity contribution is 7.93. The van der Waals surface area contributed by atoms with Crippen molar-refractivity contribution in [2.24, 2.45) is 0 Å². The van der Waals surface area contributed by atoms with Crippen LogP contribution < -0.4 is 5.32 Å². The number of sulfonamides is 1. The second-order valence-corrected chi connectivity index (χ2v) is 14.7. The van der Waals surface area contributed by atoms with Crippen molar-refractivity contribution >= 4 is 43.1 Å². The lowest BCUT2D eigenvalue weighted by Gasteiger charge is -2.36. The minimum absolute atomic E-state index is 0.0840. The van der Waals surface area contributed by atoms with Crippen molar-refractivity contribution in [2.45, 2.75) is 49.3 Å². The summed E-state index contributed by atoms with van der Waals surface area (Å²) in [7, 11) is -7.58. The van der Waals surface area contributed by atoms with Crippen molar-refractivity contribution in [1.29, 1.82) is 0 Å². The SMILES string of the molecule is CS(=O)(=O)C1CC(Nc2ncc(C(F)(F)F)c(-c3cc4c(s3)C3CCCN3C4=O)n2)CCN1S(C)(=O)=O. The van der Waals surface area contributed by atoms with Crippen molar-refractivity contribution in [2.75, 3.05) is 30.9 Å². The van der Waals surface area contributed by atoms with Gasteiger partial charge >= 0.3 is 6.18 Å². The van der Waals surface area contributed by atoms with Crippen LogP contribution in [0.5, 0.6) is 0 Å². The molecule has 0 aliphatic carbocycles. The quantitative estimate of drug-likeness (QED) is 0.573. The lowest BCUT2D eigenvalue weighted by atomic mass is 10.1. The third-order valence-electron chi connectivity index (χ3n) is 6.89. The smallest absolute Gasteiger partial charge is 0.351 e. The maximum atomic E-state index is 13.9. The van der Waals surface area contributed by atoms with Gasteiger partial charge in [0, 0.05) is 36.5 Å². The fourth-order valence-electron chi connectivity index (χ4n) is 5.21. The fraction of sp³-hybridized carbons (Fsp3) is 0.571. The molecule has 3 aliphatic rings. The molecular formula is C21H24F3N5O5S3. The van der Waals surface area contributed by atoms with Crippen molar-refractivity contribution in [3.05, 3.63) is 28.3 Å². The second kappa shape index (κ2) is 8.88. The Morgan fingerprint density at radius 2 is 1.86 bits per heavy atom. The number of aromatic nitrogens is 2. The van der Waals surface area contributed by atoms with E-state index in [1.165, 1.54) is 6.07 Å². The van der Waals surface area contributed by atoms with Crippen LogP contribution in [0.3, 0.4) is 0 Å². The topological polar surface area (TPSA) is 130 Å². The molecule has 0 spiro atoms. The molecule has 2 saturated heterocycles. The number of anilines is 1. The molecule has 0 bridgehead atoms. The van der Waals surface area contributed by atoms with Gasteiger partial charge in [-0.05, 0) is 31.7 Å². The van der Waals surface area contributed by atoms with Crippen molar-refractivity contribution in [3.8, 4) is 10.6 Å². The van der Waals surface area contributed by atoms with Gasteiger partial charge in [0.15, 0.2) is 9.84 Å². The molecule has 0 saturated carbocycles. The summed E-state index contributed by atoms with van der Waals surface area (Å²) in [6.07, 6.45) is -0.526. The molecule has 202 valence electrons. The normalized spacial score (nSPS) is 24.8. The van der Waals surface area contributed by atoms with Crippen molar-refractivity contribution < 1.29 is 34.8 Å². The zero-order chi connectivity index (χ0) is 26.9. The van der Waals surface area contributed by atoms with Crippen LogP contribution in [0.25, 0.3) is 10.6 Å². The molecule has 16 heteroatoms. The van der Waals surface area contributed by atoms with Crippen LogP contribution in [0.1, 0.15) is 52.5 Å². The van der Waals surface area contributed by atoms with E-state index in [2.05, 4.69) is 15.3 Å². The Kier molecular flexibility index (Phi) is 6.32. The molecule has 1 amide bonds. The Balaban J connectivity index is 1.46. The summed E-state index contributed by atoms with van der Waals surface area (Å²) in [6, 6.07) is 0.735. The largest absolute Gasteiger partial charge is 0.420 e. The number of hydrogen-bond donors (Lipinski definition) is 1. The van der Waals surface area contributed by atoms with Gasteiger partial charge in [0.25, 0.3) is 5.91 Å². The summed E-state index contributed by atoms with van der Waals surface area (Å²) in [4.78, 5) is 23.4. The van der Waals surface area contributed by atoms with Crippen LogP contribution in [0, 0.1) is 0 Å². The monoisotopic (exact) mass is 579 g/mol. The number of halogens is 3. The Morgan fingerprint density at radius 1 is 1.14 bits per heavy atom. The number of amides is 1. The molecule has 2 fully saturated rings. The summed E-state index contributed by atoms with van der Waals surface area (Å²) in [5.74, 6) is -0.333. The van der Waals surface area contributed by atoms with Gasteiger partial charge < -0.3 is 10.2 Å². The highest BCUT2D eigenvalue weighted by atomic mass is 32.2. The molecular weight excluding hydrogens is 555 g/mol. The minimum atomic E-state index is -4.74. The number of sulfone groups is 1. The second-order valence-electron chi connectivity index (χ2n) is 9.52. The average Bonchev–Trinajstić information content (AvgIpc) is 3.48. The number of nitrogens with one attached hydrogen (secondary N) is 1. The summed E-state index contributed by atoms with van der Waals surface area (Å²) < 4.78 is 91.2. The molecule has 0 radical (unpaired) electrons. The first-order valence-corrected chi connectivity index (χ1v) is 16.1. The molecule has 2 aromatic heterocycles. The minimum Gasteiger partial charge on any atom is -0.351 e. The molecule has 3 atom stereocenters. The number of rotatable bonds is 5. The van der Waals surface area contributed by atoms with Crippen LogP contribution in [0.15, 0.2) is 12.3 Å². The van der Waals surface area contributed by atoms with E-state index in [4.69, 9.17) is 0 Å². The van der Waals surface area contributed by atoms with Gasteiger partial charge in [-0.15, -0.1) is 11.3 Å². The number of carbonyl (C=O) groups excluding carboxylic acids is 1. The molecule has 3 unspecified atom stereocenters.